The zero-order chi connectivity index (χ0) is 19.2. The van der Waals surface area contributed by atoms with E-state index in [-0.39, 0.29) is 17.9 Å². The lowest BCUT2D eigenvalue weighted by Crippen LogP contribution is -2.48. The summed E-state index contributed by atoms with van der Waals surface area (Å²) in [5.41, 5.74) is -0.381. The normalized spacial score (nSPS) is 19.9. The molecule has 26 heavy (non-hydrogen) atoms. The van der Waals surface area contributed by atoms with E-state index in [0.717, 1.165) is 3.57 Å². The number of carbonyl (C=O) groups is 1. The number of hydrogen-bond acceptors (Lipinski definition) is 6. The van der Waals surface area contributed by atoms with Crippen LogP contribution in [0, 0.1) is 8.99 Å². The third kappa shape index (κ3) is 3.85. The van der Waals surface area contributed by atoms with Crippen LogP contribution in [0.1, 0.15) is 26.2 Å². The highest BCUT2D eigenvalue weighted by atomic mass is 127. The first kappa shape index (κ1) is 20.2. The van der Waals surface area contributed by atoms with Crippen LogP contribution in [-0.2, 0) is 23.9 Å². The molecule has 1 aliphatic rings. The van der Waals surface area contributed by atoms with Gasteiger partial charge in [0.2, 0.25) is 5.76 Å². The van der Waals surface area contributed by atoms with Gasteiger partial charge in [0.1, 0.15) is 17.4 Å². The molecule has 6 nitrogen and oxygen atoms in total. The molecule has 0 bridgehead atoms. The van der Waals surface area contributed by atoms with Gasteiger partial charge in [0, 0.05) is 14.8 Å². The third-order valence-corrected chi connectivity index (χ3v) is 5.25. The SMILES string of the molecule is CCOC(=O)C1(C(Nc2ccc(I)cc2)C(=C=O)OC)CCCC1=C=O. The molecule has 0 aliphatic heterocycles. The average Bonchev–Trinajstić information content (AvgIpc) is 3.08. The predicted octanol–water partition coefficient (Wildman–Crippen LogP) is 2.93. The van der Waals surface area contributed by atoms with Crippen LogP contribution in [0.15, 0.2) is 35.6 Å². The van der Waals surface area contributed by atoms with Crippen LogP contribution in [0.4, 0.5) is 5.69 Å². The minimum Gasteiger partial charge on any atom is -0.488 e. The molecule has 2 unspecified atom stereocenters. The Kier molecular flexibility index (Phi) is 7.03. The van der Waals surface area contributed by atoms with Crippen LogP contribution in [0.3, 0.4) is 0 Å². The van der Waals surface area contributed by atoms with Crippen LogP contribution >= 0.6 is 22.6 Å². The van der Waals surface area contributed by atoms with Crippen LogP contribution in [0.2, 0.25) is 0 Å². The zero-order valence-corrected chi connectivity index (χ0v) is 16.8. The summed E-state index contributed by atoms with van der Waals surface area (Å²) in [5.74, 6) is 3.00. The maximum absolute atomic E-state index is 12.9. The Balaban J connectivity index is 2.58. The van der Waals surface area contributed by atoms with Crippen molar-refractivity contribution in [1.82, 2.24) is 0 Å². The van der Waals surface area contributed by atoms with Crippen LogP contribution in [0.5, 0.6) is 0 Å². The lowest BCUT2D eigenvalue weighted by atomic mass is 9.74. The molecule has 1 aromatic rings. The van der Waals surface area contributed by atoms with E-state index in [1.54, 1.807) is 12.9 Å². The van der Waals surface area contributed by atoms with Gasteiger partial charge in [-0.05, 0) is 73.0 Å². The first-order valence-electron chi connectivity index (χ1n) is 8.26. The van der Waals surface area contributed by atoms with Crippen molar-refractivity contribution in [2.24, 2.45) is 5.41 Å². The van der Waals surface area contributed by atoms with E-state index in [9.17, 15) is 14.4 Å². The van der Waals surface area contributed by atoms with E-state index in [4.69, 9.17) is 9.47 Å². The Morgan fingerprint density at radius 1 is 1.35 bits per heavy atom. The largest absolute Gasteiger partial charge is 0.488 e. The summed E-state index contributed by atoms with van der Waals surface area (Å²) in [5, 5.41) is 3.17. The first-order valence-corrected chi connectivity index (χ1v) is 9.34. The maximum Gasteiger partial charge on any atom is 0.319 e. The van der Waals surface area contributed by atoms with E-state index in [0.29, 0.717) is 24.9 Å². The van der Waals surface area contributed by atoms with Gasteiger partial charge in [-0.25, -0.2) is 9.59 Å². The maximum atomic E-state index is 12.9. The molecular formula is C19H20INO5. The summed E-state index contributed by atoms with van der Waals surface area (Å²) in [6.07, 6.45) is 1.39. The van der Waals surface area contributed by atoms with E-state index in [1.165, 1.54) is 7.11 Å². The van der Waals surface area contributed by atoms with Crippen molar-refractivity contribution in [2.45, 2.75) is 32.2 Å². The molecule has 0 aromatic heterocycles. The lowest BCUT2D eigenvalue weighted by Gasteiger charge is -2.35. The molecule has 1 N–H and O–H groups in total. The number of rotatable bonds is 7. The van der Waals surface area contributed by atoms with Crippen molar-refractivity contribution in [3.05, 3.63) is 39.2 Å². The van der Waals surface area contributed by atoms with E-state index < -0.39 is 17.4 Å². The number of methoxy groups -OCH3 is 1. The Hall–Kier alpha value is -2.08. The Bertz CT molecular complexity index is 763. The minimum atomic E-state index is -1.34. The van der Waals surface area contributed by atoms with Gasteiger partial charge in [-0.15, -0.1) is 0 Å². The predicted molar refractivity (Wildman–Crippen MR) is 105 cm³/mol. The average molecular weight is 469 g/mol. The highest BCUT2D eigenvalue weighted by Crippen LogP contribution is 2.48. The van der Waals surface area contributed by atoms with E-state index in [1.807, 2.05) is 30.2 Å². The molecule has 138 valence electrons. The summed E-state index contributed by atoms with van der Waals surface area (Å²) in [6, 6.07) is 6.51. The van der Waals surface area contributed by atoms with Gasteiger partial charge < -0.3 is 14.8 Å². The quantitative estimate of drug-likeness (QED) is 0.286. The van der Waals surface area contributed by atoms with Crippen LogP contribution < -0.4 is 5.32 Å². The fourth-order valence-electron chi connectivity index (χ4n) is 3.33. The first-order chi connectivity index (χ1) is 12.5. The molecule has 1 aromatic carbocycles. The second kappa shape index (κ2) is 9.03. The smallest absolute Gasteiger partial charge is 0.319 e. The summed E-state index contributed by atoms with van der Waals surface area (Å²) in [4.78, 5) is 36.0. The molecule has 1 saturated carbocycles. The molecule has 0 spiro atoms. The topological polar surface area (TPSA) is 81.7 Å². The van der Waals surface area contributed by atoms with E-state index >= 15 is 0 Å². The third-order valence-electron chi connectivity index (χ3n) is 4.53. The molecule has 1 aliphatic carbocycles. The van der Waals surface area contributed by atoms with Crippen LogP contribution in [-0.4, -0.2) is 37.6 Å². The summed E-state index contributed by atoms with van der Waals surface area (Å²) in [6.45, 7) is 1.86. The fraction of sp³-hybridized carbons (Fsp3) is 0.421. The van der Waals surface area contributed by atoms with Crippen molar-refractivity contribution < 1.29 is 23.9 Å². The van der Waals surface area contributed by atoms with Crippen molar-refractivity contribution in [1.29, 1.82) is 0 Å². The minimum absolute atomic E-state index is 0.0914. The number of hydrogen-bond donors (Lipinski definition) is 1. The molecule has 2 rings (SSSR count). The van der Waals surface area contributed by atoms with Gasteiger partial charge in [0.15, 0.2) is 5.94 Å². The summed E-state index contributed by atoms with van der Waals surface area (Å²) >= 11 is 2.18. The number of nitrogens with one attached hydrogen (secondary N) is 1. The van der Waals surface area contributed by atoms with Gasteiger partial charge in [-0.3, -0.25) is 4.79 Å². The van der Waals surface area contributed by atoms with Gasteiger partial charge in [0.05, 0.1) is 13.7 Å². The molecule has 1 fully saturated rings. The van der Waals surface area contributed by atoms with Crippen molar-refractivity contribution in [3.63, 3.8) is 0 Å². The molecule has 0 heterocycles. The number of ether oxygens (including phenoxy) is 2. The number of halogens is 1. The lowest BCUT2D eigenvalue weighted by molar-refractivity contribution is -0.153. The fourth-order valence-corrected chi connectivity index (χ4v) is 3.68. The number of benzene rings is 1. The monoisotopic (exact) mass is 469 g/mol. The van der Waals surface area contributed by atoms with Gasteiger partial charge in [-0.1, -0.05) is 0 Å². The van der Waals surface area contributed by atoms with Crippen molar-refractivity contribution >= 4 is 46.1 Å². The number of carbonyl (C=O) groups excluding carboxylic acids is 3. The summed E-state index contributed by atoms with van der Waals surface area (Å²) < 4.78 is 11.5. The standard InChI is InChI=1S/C19H20INO5/c1-3-26-18(24)19(10-4-5-13(19)11-22)17(16(12-23)25-2)21-15-8-6-14(20)7-9-15/h6-9,17,21H,3-5,10H2,1-2H3. The second-order valence-corrected chi connectivity index (χ2v) is 7.13. The highest BCUT2D eigenvalue weighted by molar-refractivity contribution is 14.1. The van der Waals surface area contributed by atoms with E-state index in [2.05, 4.69) is 27.9 Å². The molecule has 0 amide bonds. The molecule has 0 saturated heterocycles. The molecule has 7 heteroatoms. The van der Waals surface area contributed by atoms with Crippen molar-refractivity contribution in [2.75, 3.05) is 19.0 Å². The number of esters is 1. The number of anilines is 1. The Morgan fingerprint density at radius 3 is 2.58 bits per heavy atom. The zero-order valence-electron chi connectivity index (χ0n) is 14.6. The summed E-state index contributed by atoms with van der Waals surface area (Å²) in [7, 11) is 1.33. The van der Waals surface area contributed by atoms with Gasteiger partial charge in [0.25, 0.3) is 0 Å². The Morgan fingerprint density at radius 2 is 2.04 bits per heavy atom. The van der Waals surface area contributed by atoms with Gasteiger partial charge in [-0.2, -0.15) is 0 Å². The molecule has 2 atom stereocenters. The Labute approximate surface area is 165 Å². The van der Waals surface area contributed by atoms with Gasteiger partial charge >= 0.3 is 5.97 Å². The van der Waals surface area contributed by atoms with Crippen LogP contribution in [0.25, 0.3) is 0 Å². The second-order valence-electron chi connectivity index (χ2n) is 5.88. The molecular weight excluding hydrogens is 449 g/mol. The van der Waals surface area contributed by atoms with Crippen molar-refractivity contribution in [3.8, 4) is 0 Å². The highest BCUT2D eigenvalue weighted by Gasteiger charge is 2.56. The molecule has 0 radical (unpaired) electrons.